The average molecular weight is 383 g/mol. The van der Waals surface area contributed by atoms with Gasteiger partial charge in [0.15, 0.2) is 0 Å². The number of aromatic nitrogens is 3. The lowest BCUT2D eigenvalue weighted by Gasteiger charge is -2.32. The van der Waals surface area contributed by atoms with Crippen LogP contribution in [0.25, 0.3) is 0 Å². The summed E-state index contributed by atoms with van der Waals surface area (Å²) in [7, 11) is 0. The summed E-state index contributed by atoms with van der Waals surface area (Å²) in [6, 6.07) is 13.2. The smallest absolute Gasteiger partial charge is 0.276 e. The van der Waals surface area contributed by atoms with Crippen LogP contribution in [-0.2, 0) is 6.61 Å². The lowest BCUT2D eigenvalue weighted by atomic mass is 10.1. The van der Waals surface area contributed by atoms with Crippen molar-refractivity contribution in [2.45, 2.75) is 26.5 Å². The molecule has 4 rings (SSSR count). The van der Waals surface area contributed by atoms with Crippen LogP contribution in [0, 0.1) is 6.92 Å². The van der Waals surface area contributed by atoms with E-state index >= 15 is 0 Å². The number of carbonyl (C=O) groups excluding carboxylic acids is 1. The van der Waals surface area contributed by atoms with E-state index in [1.165, 1.54) is 6.20 Å². The van der Waals surface area contributed by atoms with Gasteiger partial charge >= 0.3 is 0 Å². The van der Waals surface area contributed by atoms with Crippen LogP contribution in [-0.4, -0.2) is 27.2 Å². The van der Waals surface area contributed by atoms with Crippen LogP contribution >= 0.6 is 11.6 Å². The van der Waals surface area contributed by atoms with E-state index in [2.05, 4.69) is 17.0 Å². The van der Waals surface area contributed by atoms with Gasteiger partial charge < -0.3 is 9.64 Å². The summed E-state index contributed by atoms with van der Waals surface area (Å²) < 4.78 is 7.44. The van der Waals surface area contributed by atoms with E-state index in [1.54, 1.807) is 22.9 Å². The first-order chi connectivity index (χ1) is 13.0. The second kappa shape index (κ2) is 7.04. The largest absolute Gasteiger partial charge is 0.471 e. The Hall–Kier alpha value is -2.86. The Morgan fingerprint density at radius 2 is 2.07 bits per heavy atom. The zero-order valence-corrected chi connectivity index (χ0v) is 15.8. The average Bonchev–Trinajstić information content (AvgIpc) is 3.10. The van der Waals surface area contributed by atoms with Crippen molar-refractivity contribution in [1.82, 2.24) is 14.8 Å². The van der Waals surface area contributed by atoms with Gasteiger partial charge in [-0.1, -0.05) is 29.8 Å². The highest BCUT2D eigenvalue weighted by Crippen LogP contribution is 2.28. The number of aryl methyl sites for hydroxylation is 1. The molecule has 3 heterocycles. The van der Waals surface area contributed by atoms with Crippen molar-refractivity contribution in [2.24, 2.45) is 0 Å². The number of fused-ring (bicyclic) bond motifs is 1. The van der Waals surface area contributed by atoms with E-state index < -0.39 is 0 Å². The number of hydrogen-bond acceptors (Lipinski definition) is 4. The molecule has 0 fully saturated rings. The predicted molar refractivity (Wildman–Crippen MR) is 103 cm³/mol. The summed E-state index contributed by atoms with van der Waals surface area (Å²) in [6.07, 6.45) is 1.53. The van der Waals surface area contributed by atoms with Gasteiger partial charge in [0.05, 0.1) is 11.1 Å². The molecule has 0 N–H and O–H groups in total. The second-order valence-electron chi connectivity index (χ2n) is 6.62. The van der Waals surface area contributed by atoms with Gasteiger partial charge in [0.25, 0.3) is 5.91 Å². The topological polar surface area (TPSA) is 60.3 Å². The van der Waals surface area contributed by atoms with Crippen molar-refractivity contribution in [1.29, 1.82) is 0 Å². The van der Waals surface area contributed by atoms with E-state index in [0.717, 1.165) is 11.3 Å². The third-order valence-electron chi connectivity index (χ3n) is 4.59. The van der Waals surface area contributed by atoms with Crippen molar-refractivity contribution in [3.05, 3.63) is 70.6 Å². The Labute approximate surface area is 162 Å². The number of hydrogen-bond donors (Lipinski definition) is 0. The quantitative estimate of drug-likeness (QED) is 0.683. The molecular weight excluding hydrogens is 364 g/mol. The normalized spacial score (nSPS) is 16.3. The molecule has 0 saturated heterocycles. The molecule has 138 valence electrons. The van der Waals surface area contributed by atoms with E-state index in [-0.39, 0.29) is 18.6 Å². The van der Waals surface area contributed by atoms with E-state index in [4.69, 9.17) is 16.3 Å². The minimum atomic E-state index is -0.0502. The molecule has 0 unspecified atom stereocenters. The fourth-order valence-corrected chi connectivity index (χ4v) is 3.36. The highest BCUT2D eigenvalue weighted by Gasteiger charge is 2.32. The molecule has 3 aromatic rings. The van der Waals surface area contributed by atoms with Crippen molar-refractivity contribution in [2.75, 3.05) is 11.4 Å². The monoisotopic (exact) mass is 382 g/mol. The highest BCUT2D eigenvalue weighted by atomic mass is 35.5. The third kappa shape index (κ3) is 3.40. The molecule has 1 aromatic carbocycles. The summed E-state index contributed by atoms with van der Waals surface area (Å²) >= 11 is 5.83. The van der Waals surface area contributed by atoms with Gasteiger partial charge in [0.2, 0.25) is 5.88 Å². The molecule has 2 aromatic heterocycles. The molecule has 7 heteroatoms. The van der Waals surface area contributed by atoms with Gasteiger partial charge in [-0.15, -0.1) is 0 Å². The third-order valence-corrected chi connectivity index (χ3v) is 4.81. The van der Waals surface area contributed by atoms with Crippen LogP contribution in [0.1, 0.15) is 34.7 Å². The maximum Gasteiger partial charge on any atom is 0.276 e. The molecule has 0 spiro atoms. The molecular formula is C20H19ClN4O2. The van der Waals surface area contributed by atoms with Crippen LogP contribution in [0.3, 0.4) is 0 Å². The molecule has 27 heavy (non-hydrogen) atoms. The highest BCUT2D eigenvalue weighted by molar-refractivity contribution is 6.30. The zero-order chi connectivity index (χ0) is 19.0. The SMILES string of the molecule is Cc1ccccc1N1C[C@@H](C)n2nc(COc3ccc(Cl)cn3)cc2C1=O. The minimum Gasteiger partial charge on any atom is -0.471 e. The summed E-state index contributed by atoms with van der Waals surface area (Å²) in [5.41, 5.74) is 3.27. The number of ether oxygens (including phenoxy) is 1. The fraction of sp³-hybridized carbons (Fsp3) is 0.250. The Balaban J connectivity index is 1.57. The molecule has 1 aliphatic heterocycles. The van der Waals surface area contributed by atoms with Crippen molar-refractivity contribution >= 4 is 23.2 Å². The standard InChI is InChI=1S/C20H19ClN4O2/c1-13-5-3-4-6-17(13)24-11-14(2)25-18(20(24)26)9-16(23-25)12-27-19-8-7-15(21)10-22-19/h3-10,14H,11-12H2,1-2H3/t14-/m1/s1. The van der Waals surface area contributed by atoms with E-state index in [0.29, 0.717) is 28.8 Å². The van der Waals surface area contributed by atoms with Crippen LogP contribution in [0.2, 0.25) is 5.02 Å². The molecule has 1 aliphatic rings. The Bertz CT molecular complexity index is 984. The first kappa shape index (κ1) is 17.5. The lowest BCUT2D eigenvalue weighted by molar-refractivity contribution is 0.0953. The number of para-hydroxylation sites is 1. The maximum absolute atomic E-state index is 13.0. The second-order valence-corrected chi connectivity index (χ2v) is 7.06. The summed E-state index contributed by atoms with van der Waals surface area (Å²) in [5, 5.41) is 5.11. The van der Waals surface area contributed by atoms with Gasteiger partial charge in [-0.2, -0.15) is 5.10 Å². The van der Waals surface area contributed by atoms with E-state index in [1.807, 2.05) is 36.1 Å². The molecule has 6 nitrogen and oxygen atoms in total. The number of pyridine rings is 1. The number of anilines is 1. The molecule has 1 amide bonds. The summed E-state index contributed by atoms with van der Waals surface area (Å²) in [4.78, 5) is 19.0. The molecule has 0 saturated carbocycles. The van der Waals surface area contributed by atoms with Crippen LogP contribution < -0.4 is 9.64 Å². The zero-order valence-electron chi connectivity index (χ0n) is 15.1. The first-order valence-electron chi connectivity index (χ1n) is 8.73. The minimum absolute atomic E-state index is 0.0502. The number of nitrogens with zero attached hydrogens (tertiary/aromatic N) is 4. The summed E-state index contributed by atoms with van der Waals surface area (Å²) in [5.74, 6) is 0.414. The number of benzene rings is 1. The molecule has 0 aliphatic carbocycles. The van der Waals surface area contributed by atoms with Gasteiger partial charge in [0.1, 0.15) is 18.0 Å². The Morgan fingerprint density at radius 3 is 2.81 bits per heavy atom. The van der Waals surface area contributed by atoms with Gasteiger partial charge in [0, 0.05) is 24.5 Å². The lowest BCUT2D eigenvalue weighted by Crippen LogP contribution is -2.42. The summed E-state index contributed by atoms with van der Waals surface area (Å²) in [6.45, 7) is 4.88. The van der Waals surface area contributed by atoms with Crippen molar-refractivity contribution < 1.29 is 9.53 Å². The fourth-order valence-electron chi connectivity index (χ4n) is 3.24. The van der Waals surface area contributed by atoms with Gasteiger partial charge in [-0.05, 0) is 37.6 Å². The number of carbonyl (C=O) groups is 1. The Morgan fingerprint density at radius 1 is 1.26 bits per heavy atom. The van der Waals surface area contributed by atoms with Crippen molar-refractivity contribution in [3.63, 3.8) is 0 Å². The van der Waals surface area contributed by atoms with Crippen LogP contribution in [0.15, 0.2) is 48.7 Å². The van der Waals surface area contributed by atoms with Crippen LogP contribution in [0.5, 0.6) is 5.88 Å². The Kier molecular flexibility index (Phi) is 4.58. The molecule has 0 radical (unpaired) electrons. The number of rotatable bonds is 4. The van der Waals surface area contributed by atoms with Gasteiger partial charge in [-0.3, -0.25) is 9.48 Å². The van der Waals surface area contributed by atoms with Crippen LogP contribution in [0.4, 0.5) is 5.69 Å². The molecule has 0 bridgehead atoms. The van der Waals surface area contributed by atoms with Gasteiger partial charge in [-0.25, -0.2) is 4.98 Å². The van der Waals surface area contributed by atoms with E-state index in [9.17, 15) is 4.79 Å². The predicted octanol–water partition coefficient (Wildman–Crippen LogP) is 4.04. The number of amides is 1. The first-order valence-corrected chi connectivity index (χ1v) is 9.11. The maximum atomic E-state index is 13.0. The van der Waals surface area contributed by atoms with Crippen molar-refractivity contribution in [3.8, 4) is 5.88 Å². The number of halogens is 1. The molecule has 1 atom stereocenters.